The molecule has 0 aliphatic heterocycles. The minimum atomic E-state index is -4.75. The van der Waals surface area contributed by atoms with E-state index in [4.69, 9.17) is 11.6 Å². The molecule has 3 rings (SSSR count). The van der Waals surface area contributed by atoms with Gasteiger partial charge in [-0.15, -0.1) is 0 Å². The number of nitrogens with zero attached hydrogens (tertiary/aromatic N) is 1. The van der Waals surface area contributed by atoms with E-state index in [1.165, 1.54) is 18.3 Å². The van der Waals surface area contributed by atoms with Gasteiger partial charge < -0.3 is 4.57 Å². The third-order valence-electron chi connectivity index (χ3n) is 4.32. The molecule has 144 valence electrons. The van der Waals surface area contributed by atoms with Crippen molar-refractivity contribution in [1.29, 1.82) is 0 Å². The predicted octanol–water partition coefficient (Wildman–Crippen LogP) is 4.64. The molecule has 0 saturated heterocycles. The number of benzene rings is 1. The second-order valence-electron chi connectivity index (χ2n) is 7.13. The number of sulfonamides is 1. The van der Waals surface area contributed by atoms with Gasteiger partial charge in [0.15, 0.2) is 0 Å². The molecule has 1 saturated carbocycles. The van der Waals surface area contributed by atoms with E-state index in [1.807, 2.05) is 18.6 Å². The van der Waals surface area contributed by atoms with Crippen LogP contribution in [0.15, 0.2) is 24.4 Å². The number of alkyl halides is 3. The van der Waals surface area contributed by atoms with Crippen LogP contribution in [0.2, 0.25) is 5.02 Å². The lowest BCUT2D eigenvalue weighted by molar-refractivity contribution is -0.152. The number of fused-ring (bicyclic) bond motifs is 1. The quantitative estimate of drug-likeness (QED) is 0.757. The Morgan fingerprint density at radius 1 is 1.31 bits per heavy atom. The molecule has 0 bridgehead atoms. The summed E-state index contributed by atoms with van der Waals surface area (Å²) in [6.45, 7) is 4.40. The fourth-order valence-electron chi connectivity index (χ4n) is 3.01. The standard InChI is InChI=1S/C17H20ClF3N2O2S/c1-10(2)8-23-9-14(13-6-3-11(18)7-15(13)23)16(17(19,20)21)22-26(24,25)12-4-5-12/h3,6-7,9-10,12,16,22H,4-5,8H2,1-2H3/t16-/m0/s1. The minimum absolute atomic E-state index is 0.103. The van der Waals surface area contributed by atoms with Gasteiger partial charge in [0.2, 0.25) is 10.0 Å². The molecule has 1 fully saturated rings. The molecule has 1 heterocycles. The molecule has 0 radical (unpaired) electrons. The van der Waals surface area contributed by atoms with Gasteiger partial charge in [0.25, 0.3) is 0 Å². The van der Waals surface area contributed by atoms with Crippen LogP contribution in [0.5, 0.6) is 0 Å². The summed E-state index contributed by atoms with van der Waals surface area (Å²) in [5.41, 5.74) is 0.454. The maximum Gasteiger partial charge on any atom is 0.408 e. The molecule has 1 atom stereocenters. The van der Waals surface area contributed by atoms with Crippen molar-refractivity contribution in [3.05, 3.63) is 35.0 Å². The van der Waals surface area contributed by atoms with Crippen LogP contribution in [-0.2, 0) is 16.6 Å². The lowest BCUT2D eigenvalue weighted by Gasteiger charge is -2.21. The molecular weight excluding hydrogens is 389 g/mol. The minimum Gasteiger partial charge on any atom is -0.347 e. The average Bonchev–Trinajstić information content (AvgIpc) is 3.29. The molecule has 1 aromatic heterocycles. The maximum absolute atomic E-state index is 13.7. The summed E-state index contributed by atoms with van der Waals surface area (Å²) in [6, 6.07) is 2.33. The molecule has 0 spiro atoms. The van der Waals surface area contributed by atoms with Crippen LogP contribution in [0.25, 0.3) is 10.9 Å². The molecule has 26 heavy (non-hydrogen) atoms. The van der Waals surface area contributed by atoms with Crippen molar-refractivity contribution in [2.45, 2.75) is 50.7 Å². The Morgan fingerprint density at radius 2 is 1.96 bits per heavy atom. The largest absolute Gasteiger partial charge is 0.408 e. The van der Waals surface area contributed by atoms with Gasteiger partial charge in [-0.2, -0.15) is 17.9 Å². The summed E-state index contributed by atoms with van der Waals surface area (Å²) in [7, 11) is -4.01. The van der Waals surface area contributed by atoms with E-state index in [9.17, 15) is 21.6 Å². The molecular formula is C17H20ClF3N2O2S. The third kappa shape index (κ3) is 4.02. The van der Waals surface area contributed by atoms with Crippen molar-refractivity contribution < 1.29 is 21.6 Å². The van der Waals surface area contributed by atoms with Gasteiger partial charge in [-0.05, 0) is 30.9 Å². The molecule has 1 aromatic carbocycles. The summed E-state index contributed by atoms with van der Waals surface area (Å²) in [4.78, 5) is 0. The highest BCUT2D eigenvalue weighted by Crippen LogP contribution is 2.40. The van der Waals surface area contributed by atoms with Gasteiger partial charge >= 0.3 is 6.18 Å². The van der Waals surface area contributed by atoms with E-state index in [1.54, 1.807) is 10.6 Å². The van der Waals surface area contributed by atoms with Gasteiger partial charge in [-0.25, -0.2) is 8.42 Å². The van der Waals surface area contributed by atoms with Crippen LogP contribution in [0, 0.1) is 5.92 Å². The lowest BCUT2D eigenvalue weighted by atomic mass is 10.1. The third-order valence-corrected chi connectivity index (χ3v) is 6.47. The van der Waals surface area contributed by atoms with Crippen LogP contribution < -0.4 is 4.72 Å². The van der Waals surface area contributed by atoms with E-state index in [-0.39, 0.29) is 11.5 Å². The van der Waals surface area contributed by atoms with E-state index in [0.717, 1.165) is 0 Å². The van der Waals surface area contributed by atoms with Crippen LogP contribution in [0.1, 0.15) is 38.3 Å². The first-order chi connectivity index (χ1) is 12.0. The number of rotatable bonds is 6. The molecule has 4 nitrogen and oxygen atoms in total. The van der Waals surface area contributed by atoms with Crippen molar-refractivity contribution in [1.82, 2.24) is 9.29 Å². The van der Waals surface area contributed by atoms with E-state index >= 15 is 0 Å². The molecule has 2 aromatic rings. The fraction of sp³-hybridized carbons (Fsp3) is 0.529. The van der Waals surface area contributed by atoms with Gasteiger partial charge in [-0.3, -0.25) is 0 Å². The average molecular weight is 409 g/mol. The van der Waals surface area contributed by atoms with Crippen molar-refractivity contribution in [2.75, 3.05) is 0 Å². The number of hydrogen-bond acceptors (Lipinski definition) is 2. The normalized spacial score (nSPS) is 17.2. The highest BCUT2D eigenvalue weighted by Gasteiger charge is 2.47. The highest BCUT2D eigenvalue weighted by molar-refractivity contribution is 7.90. The first-order valence-electron chi connectivity index (χ1n) is 8.35. The zero-order valence-electron chi connectivity index (χ0n) is 14.3. The maximum atomic E-state index is 13.7. The lowest BCUT2D eigenvalue weighted by Crippen LogP contribution is -2.39. The van der Waals surface area contributed by atoms with Gasteiger partial charge in [0, 0.05) is 34.2 Å². The fourth-order valence-corrected chi connectivity index (χ4v) is 4.72. The van der Waals surface area contributed by atoms with E-state index in [2.05, 4.69) is 0 Å². The Hall–Kier alpha value is -1.25. The SMILES string of the molecule is CC(C)Cn1cc([C@H](NS(=O)(=O)C2CC2)C(F)(F)F)c2ccc(Cl)cc21. The zero-order valence-corrected chi connectivity index (χ0v) is 15.9. The number of halogens is 4. The topological polar surface area (TPSA) is 51.1 Å². The van der Waals surface area contributed by atoms with Crippen LogP contribution >= 0.6 is 11.6 Å². The molecule has 0 amide bonds. The summed E-state index contributed by atoms with van der Waals surface area (Å²) >= 11 is 6.02. The number of hydrogen-bond donors (Lipinski definition) is 1. The zero-order chi connectivity index (χ0) is 19.3. The molecule has 9 heteroatoms. The predicted molar refractivity (Wildman–Crippen MR) is 95.7 cm³/mol. The van der Waals surface area contributed by atoms with Crippen molar-refractivity contribution in [3.63, 3.8) is 0 Å². The Kier molecular flexibility index (Phi) is 5.05. The van der Waals surface area contributed by atoms with Gasteiger partial charge in [-0.1, -0.05) is 31.5 Å². The highest BCUT2D eigenvalue weighted by atomic mass is 35.5. The van der Waals surface area contributed by atoms with Crippen molar-refractivity contribution >= 4 is 32.5 Å². The summed E-state index contributed by atoms with van der Waals surface area (Å²) in [5.74, 6) is 0.199. The van der Waals surface area contributed by atoms with Crippen LogP contribution in [-0.4, -0.2) is 24.4 Å². The first kappa shape index (κ1) is 19.5. The van der Waals surface area contributed by atoms with Crippen molar-refractivity contribution in [3.8, 4) is 0 Å². The molecule has 1 N–H and O–H groups in total. The Balaban J connectivity index is 2.13. The Labute approximate surface area is 155 Å². The molecule has 1 aliphatic rings. The smallest absolute Gasteiger partial charge is 0.347 e. The van der Waals surface area contributed by atoms with Crippen molar-refractivity contribution in [2.24, 2.45) is 5.92 Å². The Bertz CT molecular complexity index is 918. The van der Waals surface area contributed by atoms with Crippen LogP contribution in [0.3, 0.4) is 0 Å². The molecule has 0 unspecified atom stereocenters. The van der Waals surface area contributed by atoms with E-state index in [0.29, 0.717) is 35.3 Å². The Morgan fingerprint density at radius 3 is 2.50 bits per heavy atom. The number of nitrogens with one attached hydrogen (secondary N) is 1. The van der Waals surface area contributed by atoms with E-state index < -0.39 is 27.5 Å². The van der Waals surface area contributed by atoms with Gasteiger partial charge in [0.1, 0.15) is 6.04 Å². The second kappa shape index (κ2) is 6.73. The summed E-state index contributed by atoms with van der Waals surface area (Å²) in [6.07, 6.45) is -2.58. The van der Waals surface area contributed by atoms with Crippen LogP contribution in [0.4, 0.5) is 13.2 Å². The second-order valence-corrected chi connectivity index (χ2v) is 9.56. The molecule has 1 aliphatic carbocycles. The monoisotopic (exact) mass is 408 g/mol. The summed E-state index contributed by atoms with van der Waals surface area (Å²) < 4.78 is 69.1. The summed E-state index contributed by atoms with van der Waals surface area (Å²) in [5, 5.41) is 0.0240. The number of aromatic nitrogens is 1. The first-order valence-corrected chi connectivity index (χ1v) is 10.3. The van der Waals surface area contributed by atoms with Gasteiger partial charge in [0.05, 0.1) is 5.25 Å².